The standard InChI is InChI=1S/C14H21N5/c1-4-18-8-11(7-16-18)13-14(15)19-10(3)5-9(2)6-12(19)17-13/h7-10H,4-6,15H2,1-3H3. The molecule has 5 heteroatoms. The van der Waals surface area contributed by atoms with Gasteiger partial charge in [-0.1, -0.05) is 6.92 Å². The van der Waals surface area contributed by atoms with E-state index in [2.05, 4.69) is 30.4 Å². The molecule has 2 aromatic rings. The zero-order valence-corrected chi connectivity index (χ0v) is 11.8. The molecule has 1 aliphatic heterocycles. The zero-order chi connectivity index (χ0) is 13.6. The summed E-state index contributed by atoms with van der Waals surface area (Å²) in [6.45, 7) is 7.43. The monoisotopic (exact) mass is 259 g/mol. The maximum Gasteiger partial charge on any atom is 0.132 e. The van der Waals surface area contributed by atoms with Crippen molar-refractivity contribution < 1.29 is 0 Å². The Bertz CT molecular complexity index is 595. The van der Waals surface area contributed by atoms with E-state index in [-0.39, 0.29) is 0 Å². The van der Waals surface area contributed by atoms with Crippen LogP contribution < -0.4 is 5.73 Å². The molecular weight excluding hydrogens is 238 g/mol. The molecule has 0 spiro atoms. The van der Waals surface area contributed by atoms with Gasteiger partial charge in [0, 0.05) is 30.8 Å². The SMILES string of the molecule is CCn1cc(-c2nc3n(c2N)C(C)CC(C)C3)cn1. The van der Waals surface area contributed by atoms with Gasteiger partial charge < -0.3 is 10.3 Å². The Morgan fingerprint density at radius 3 is 2.89 bits per heavy atom. The van der Waals surface area contributed by atoms with Crippen molar-refractivity contribution in [3.05, 3.63) is 18.2 Å². The Labute approximate surface area is 113 Å². The second kappa shape index (κ2) is 4.40. The summed E-state index contributed by atoms with van der Waals surface area (Å²) in [6, 6.07) is 0.432. The highest BCUT2D eigenvalue weighted by molar-refractivity contribution is 5.70. The lowest BCUT2D eigenvalue weighted by Crippen LogP contribution is -2.22. The van der Waals surface area contributed by atoms with Crippen LogP contribution in [0.3, 0.4) is 0 Å². The lowest BCUT2D eigenvalue weighted by atomic mass is 9.95. The van der Waals surface area contributed by atoms with Crippen LogP contribution in [0.25, 0.3) is 11.3 Å². The molecule has 1 aliphatic rings. The van der Waals surface area contributed by atoms with Crippen molar-refractivity contribution in [2.75, 3.05) is 5.73 Å². The summed E-state index contributed by atoms with van der Waals surface area (Å²) in [6.07, 6.45) is 6.04. The first-order valence-electron chi connectivity index (χ1n) is 6.99. The van der Waals surface area contributed by atoms with Crippen molar-refractivity contribution in [1.82, 2.24) is 19.3 Å². The summed E-state index contributed by atoms with van der Waals surface area (Å²) in [5.41, 5.74) is 8.21. The molecule has 0 amide bonds. The maximum absolute atomic E-state index is 6.31. The molecule has 0 bridgehead atoms. The van der Waals surface area contributed by atoms with Gasteiger partial charge in [0.1, 0.15) is 17.3 Å². The van der Waals surface area contributed by atoms with Gasteiger partial charge >= 0.3 is 0 Å². The van der Waals surface area contributed by atoms with Crippen molar-refractivity contribution in [2.24, 2.45) is 5.92 Å². The number of aromatic nitrogens is 4. The third-order valence-electron chi connectivity index (χ3n) is 3.97. The molecule has 2 aromatic heterocycles. The lowest BCUT2D eigenvalue weighted by Gasteiger charge is -2.27. The molecule has 19 heavy (non-hydrogen) atoms. The van der Waals surface area contributed by atoms with Crippen LogP contribution in [0.4, 0.5) is 5.82 Å². The van der Waals surface area contributed by atoms with E-state index in [0.717, 1.165) is 35.9 Å². The number of nitrogens with two attached hydrogens (primary N) is 1. The first kappa shape index (κ1) is 12.3. The molecule has 0 aliphatic carbocycles. The van der Waals surface area contributed by atoms with Crippen LogP contribution in [0.1, 0.15) is 39.1 Å². The van der Waals surface area contributed by atoms with Gasteiger partial charge in [-0.15, -0.1) is 0 Å². The highest BCUT2D eigenvalue weighted by Crippen LogP contribution is 2.35. The molecule has 0 saturated heterocycles. The van der Waals surface area contributed by atoms with Crippen molar-refractivity contribution >= 4 is 5.82 Å². The Morgan fingerprint density at radius 1 is 1.42 bits per heavy atom. The maximum atomic E-state index is 6.31. The topological polar surface area (TPSA) is 61.7 Å². The lowest BCUT2D eigenvalue weighted by molar-refractivity contribution is 0.346. The predicted molar refractivity (Wildman–Crippen MR) is 75.7 cm³/mol. The van der Waals surface area contributed by atoms with Gasteiger partial charge in [0.2, 0.25) is 0 Å². The number of fused-ring (bicyclic) bond motifs is 1. The fourth-order valence-electron chi connectivity index (χ4n) is 3.08. The molecule has 0 saturated carbocycles. The Balaban J connectivity index is 2.06. The molecule has 5 nitrogen and oxygen atoms in total. The van der Waals surface area contributed by atoms with Crippen LogP contribution >= 0.6 is 0 Å². The molecule has 2 unspecified atom stereocenters. The summed E-state index contributed by atoms with van der Waals surface area (Å²) in [5, 5.41) is 4.30. The molecule has 3 heterocycles. The third kappa shape index (κ3) is 1.93. The summed E-state index contributed by atoms with van der Waals surface area (Å²) < 4.78 is 4.10. The normalized spacial score (nSPS) is 22.5. The number of nitrogen functional groups attached to an aromatic ring is 1. The number of nitrogens with zero attached hydrogens (tertiary/aromatic N) is 4. The van der Waals surface area contributed by atoms with E-state index >= 15 is 0 Å². The minimum atomic E-state index is 0.432. The highest BCUT2D eigenvalue weighted by atomic mass is 15.3. The fraction of sp³-hybridized carbons (Fsp3) is 0.571. The average molecular weight is 259 g/mol. The number of hydrogen-bond donors (Lipinski definition) is 1. The third-order valence-corrected chi connectivity index (χ3v) is 3.97. The first-order valence-corrected chi connectivity index (χ1v) is 6.99. The minimum Gasteiger partial charge on any atom is -0.383 e. The Hall–Kier alpha value is -1.78. The summed E-state index contributed by atoms with van der Waals surface area (Å²) in [5.74, 6) is 2.57. The van der Waals surface area contributed by atoms with E-state index in [1.807, 2.05) is 17.1 Å². The highest BCUT2D eigenvalue weighted by Gasteiger charge is 2.27. The van der Waals surface area contributed by atoms with Gasteiger partial charge in [0.15, 0.2) is 0 Å². The molecule has 3 rings (SSSR count). The van der Waals surface area contributed by atoms with Crippen LogP contribution in [0.2, 0.25) is 0 Å². The summed E-state index contributed by atoms with van der Waals surface area (Å²) in [4.78, 5) is 4.75. The van der Waals surface area contributed by atoms with E-state index in [9.17, 15) is 0 Å². The van der Waals surface area contributed by atoms with Crippen LogP contribution in [0, 0.1) is 5.92 Å². The quantitative estimate of drug-likeness (QED) is 0.901. The Morgan fingerprint density at radius 2 is 2.21 bits per heavy atom. The average Bonchev–Trinajstić information content (AvgIpc) is 2.93. The second-order valence-corrected chi connectivity index (χ2v) is 5.61. The minimum absolute atomic E-state index is 0.432. The molecule has 2 N–H and O–H groups in total. The number of hydrogen-bond acceptors (Lipinski definition) is 3. The molecule has 0 aromatic carbocycles. The largest absolute Gasteiger partial charge is 0.383 e. The van der Waals surface area contributed by atoms with Gasteiger partial charge in [-0.25, -0.2) is 4.98 Å². The first-order chi connectivity index (χ1) is 9.10. The zero-order valence-electron chi connectivity index (χ0n) is 11.8. The van der Waals surface area contributed by atoms with Gasteiger partial charge in [-0.05, 0) is 26.2 Å². The van der Waals surface area contributed by atoms with Crippen LogP contribution in [0.5, 0.6) is 0 Å². The molecule has 102 valence electrons. The molecule has 2 atom stereocenters. The van der Waals surface area contributed by atoms with Crippen LogP contribution in [-0.4, -0.2) is 19.3 Å². The van der Waals surface area contributed by atoms with Crippen molar-refractivity contribution in [3.8, 4) is 11.3 Å². The van der Waals surface area contributed by atoms with Gasteiger partial charge in [-0.2, -0.15) is 5.10 Å². The van der Waals surface area contributed by atoms with Crippen LogP contribution in [0.15, 0.2) is 12.4 Å². The van der Waals surface area contributed by atoms with E-state index < -0.39 is 0 Å². The molecule has 0 radical (unpaired) electrons. The predicted octanol–water partition coefficient (Wildman–Crippen LogP) is 2.49. The van der Waals surface area contributed by atoms with Crippen molar-refractivity contribution in [1.29, 1.82) is 0 Å². The number of anilines is 1. The molecular formula is C14H21N5. The number of aryl methyl sites for hydroxylation is 1. The van der Waals surface area contributed by atoms with Crippen molar-refractivity contribution in [3.63, 3.8) is 0 Å². The van der Waals surface area contributed by atoms with E-state index in [1.54, 1.807) is 0 Å². The Kier molecular flexibility index (Phi) is 2.84. The van der Waals surface area contributed by atoms with Crippen molar-refractivity contribution in [2.45, 2.75) is 46.2 Å². The smallest absolute Gasteiger partial charge is 0.132 e. The van der Waals surface area contributed by atoms with Gasteiger partial charge in [0.05, 0.1) is 6.20 Å². The fourth-order valence-corrected chi connectivity index (χ4v) is 3.08. The van der Waals surface area contributed by atoms with Gasteiger partial charge in [0.25, 0.3) is 0 Å². The van der Waals surface area contributed by atoms with Crippen LogP contribution in [-0.2, 0) is 13.0 Å². The summed E-state index contributed by atoms with van der Waals surface area (Å²) >= 11 is 0. The number of imidazole rings is 1. The van der Waals surface area contributed by atoms with E-state index in [0.29, 0.717) is 12.0 Å². The molecule has 0 fully saturated rings. The second-order valence-electron chi connectivity index (χ2n) is 5.61. The van der Waals surface area contributed by atoms with Gasteiger partial charge in [-0.3, -0.25) is 4.68 Å². The number of rotatable bonds is 2. The van der Waals surface area contributed by atoms with E-state index in [1.165, 1.54) is 6.42 Å². The van der Waals surface area contributed by atoms with E-state index in [4.69, 9.17) is 10.7 Å². The summed E-state index contributed by atoms with van der Waals surface area (Å²) in [7, 11) is 0.